The predicted molar refractivity (Wildman–Crippen MR) is 143 cm³/mol. The van der Waals surface area contributed by atoms with Gasteiger partial charge in [-0.05, 0) is 35.4 Å². The average Bonchev–Trinajstić information content (AvgIpc) is 2.91. The van der Waals surface area contributed by atoms with E-state index in [0.29, 0.717) is 29.0 Å². The van der Waals surface area contributed by atoms with Crippen LogP contribution in [0, 0.1) is 10.1 Å². The Hall–Kier alpha value is -3.46. The van der Waals surface area contributed by atoms with Crippen LogP contribution in [0.1, 0.15) is 17.2 Å². The molecule has 1 aromatic heterocycles. The Morgan fingerprint density at radius 2 is 1.42 bits per heavy atom. The molecule has 0 atom stereocenters. The van der Waals surface area contributed by atoms with E-state index in [1.807, 2.05) is 29.2 Å². The van der Waals surface area contributed by atoms with Gasteiger partial charge in [-0.3, -0.25) is 15.0 Å². The molecule has 0 bridgehead atoms. The van der Waals surface area contributed by atoms with Crippen LogP contribution in [0.4, 0.5) is 11.5 Å². The van der Waals surface area contributed by atoms with E-state index in [4.69, 9.17) is 11.6 Å². The average molecular weight is 518 g/mol. The Kier molecular flexibility index (Phi) is 7.46. The monoisotopic (exact) mass is 517 g/mol. The molecular weight excluding hydrogens is 494 g/mol. The molecule has 4 aromatic rings. The molecule has 3 aromatic carbocycles. The molecule has 1 aliphatic heterocycles. The highest BCUT2D eigenvalue weighted by Gasteiger charge is 2.32. The first kappa shape index (κ1) is 24.2. The summed E-state index contributed by atoms with van der Waals surface area (Å²) in [6.07, 6.45) is 1.41. The van der Waals surface area contributed by atoms with Gasteiger partial charge in [0.25, 0.3) is 0 Å². The third-order valence-corrected chi connectivity index (χ3v) is 7.44. The Labute approximate surface area is 218 Å². The lowest BCUT2D eigenvalue weighted by Gasteiger charge is -2.40. The molecule has 0 radical (unpaired) electrons. The first-order valence-corrected chi connectivity index (χ1v) is 12.8. The van der Waals surface area contributed by atoms with E-state index >= 15 is 0 Å². The highest BCUT2D eigenvalue weighted by atomic mass is 35.5. The maximum absolute atomic E-state index is 12.1. The number of aromatic nitrogens is 2. The van der Waals surface area contributed by atoms with Crippen LogP contribution < -0.4 is 4.90 Å². The summed E-state index contributed by atoms with van der Waals surface area (Å²) in [5.74, 6) is 0.363. The third-order valence-electron chi connectivity index (χ3n) is 6.19. The van der Waals surface area contributed by atoms with Gasteiger partial charge in [-0.15, -0.1) is 0 Å². The van der Waals surface area contributed by atoms with E-state index in [1.165, 1.54) is 29.2 Å². The van der Waals surface area contributed by atoms with Crippen LogP contribution in [0.2, 0.25) is 5.02 Å². The van der Waals surface area contributed by atoms with Crippen LogP contribution in [0.3, 0.4) is 0 Å². The zero-order valence-corrected chi connectivity index (χ0v) is 21.0. The highest BCUT2D eigenvalue weighted by Crippen LogP contribution is 2.39. The second-order valence-electron chi connectivity index (χ2n) is 8.41. The standard InChI is InChI=1S/C27H24ClN5O2S/c28-22-11-13-23(14-12-22)36-27-25(33(34)35)26(29-19-30-27)32-17-15-31(16-18-32)24(20-7-3-1-4-8-20)21-9-5-2-6-10-21/h1-14,19,24H,15-18H2. The molecule has 36 heavy (non-hydrogen) atoms. The highest BCUT2D eigenvalue weighted by molar-refractivity contribution is 7.99. The first-order valence-electron chi connectivity index (χ1n) is 11.6. The van der Waals surface area contributed by atoms with Crippen molar-refractivity contribution in [3.63, 3.8) is 0 Å². The van der Waals surface area contributed by atoms with Crippen molar-refractivity contribution in [2.75, 3.05) is 31.1 Å². The maximum Gasteiger partial charge on any atom is 0.343 e. The molecule has 0 amide bonds. The lowest BCUT2D eigenvalue weighted by Crippen LogP contribution is -2.48. The number of anilines is 1. The van der Waals surface area contributed by atoms with Crippen molar-refractivity contribution in [3.8, 4) is 0 Å². The SMILES string of the molecule is O=[N+]([O-])c1c(Sc2ccc(Cl)cc2)ncnc1N1CCN(C(c2ccccc2)c2ccccc2)CC1. The molecule has 1 aliphatic rings. The van der Waals surface area contributed by atoms with Gasteiger partial charge in [-0.1, -0.05) is 84.0 Å². The fraction of sp³-hybridized carbons (Fsp3) is 0.185. The molecule has 1 fully saturated rings. The molecule has 9 heteroatoms. The topological polar surface area (TPSA) is 75.4 Å². The van der Waals surface area contributed by atoms with Crippen molar-refractivity contribution in [1.29, 1.82) is 0 Å². The molecule has 7 nitrogen and oxygen atoms in total. The van der Waals surface area contributed by atoms with Crippen molar-refractivity contribution >= 4 is 34.9 Å². The molecule has 0 spiro atoms. The van der Waals surface area contributed by atoms with E-state index in [1.54, 1.807) is 12.1 Å². The Morgan fingerprint density at radius 1 is 0.833 bits per heavy atom. The third kappa shape index (κ3) is 5.36. The van der Waals surface area contributed by atoms with E-state index in [-0.39, 0.29) is 16.7 Å². The van der Waals surface area contributed by atoms with Gasteiger partial charge in [0.15, 0.2) is 5.03 Å². The number of rotatable bonds is 7. The second kappa shape index (κ2) is 11.1. The number of piperazine rings is 1. The van der Waals surface area contributed by atoms with Crippen molar-refractivity contribution in [2.45, 2.75) is 16.0 Å². The van der Waals surface area contributed by atoms with Crippen molar-refractivity contribution in [1.82, 2.24) is 14.9 Å². The summed E-state index contributed by atoms with van der Waals surface area (Å²) >= 11 is 7.22. The summed E-state index contributed by atoms with van der Waals surface area (Å²) in [4.78, 5) is 25.6. The van der Waals surface area contributed by atoms with Crippen LogP contribution in [-0.4, -0.2) is 46.0 Å². The van der Waals surface area contributed by atoms with Gasteiger partial charge < -0.3 is 4.90 Å². The number of hydrogen-bond donors (Lipinski definition) is 0. The van der Waals surface area contributed by atoms with E-state index in [9.17, 15) is 10.1 Å². The van der Waals surface area contributed by atoms with E-state index in [2.05, 4.69) is 63.4 Å². The minimum absolute atomic E-state index is 0.0615. The summed E-state index contributed by atoms with van der Waals surface area (Å²) in [7, 11) is 0. The molecule has 0 unspecified atom stereocenters. The van der Waals surface area contributed by atoms with E-state index in [0.717, 1.165) is 18.0 Å². The fourth-order valence-electron chi connectivity index (χ4n) is 4.51. The quantitative estimate of drug-likeness (QED) is 0.166. The van der Waals surface area contributed by atoms with Gasteiger partial charge >= 0.3 is 5.69 Å². The van der Waals surface area contributed by atoms with E-state index < -0.39 is 0 Å². The minimum Gasteiger partial charge on any atom is -0.348 e. The predicted octanol–water partition coefficient (Wildman–Crippen LogP) is 6.10. The van der Waals surface area contributed by atoms with Crippen LogP contribution in [0.15, 0.2) is 101 Å². The normalized spacial score (nSPS) is 14.2. The summed E-state index contributed by atoms with van der Waals surface area (Å²) in [5.41, 5.74) is 2.40. The molecule has 0 saturated carbocycles. The minimum atomic E-state index is -0.378. The van der Waals surface area contributed by atoms with Crippen molar-refractivity contribution < 1.29 is 4.92 Å². The number of halogens is 1. The summed E-state index contributed by atoms with van der Waals surface area (Å²) in [5, 5.41) is 13.1. The lowest BCUT2D eigenvalue weighted by molar-refractivity contribution is -0.387. The number of hydrogen-bond acceptors (Lipinski definition) is 7. The van der Waals surface area contributed by atoms with Crippen LogP contribution in [-0.2, 0) is 0 Å². The van der Waals surface area contributed by atoms with Gasteiger partial charge in [-0.2, -0.15) is 0 Å². The molecule has 0 aliphatic carbocycles. The van der Waals surface area contributed by atoms with Gasteiger partial charge in [0.2, 0.25) is 5.82 Å². The fourth-order valence-corrected chi connectivity index (χ4v) is 5.49. The van der Waals surface area contributed by atoms with Crippen LogP contribution in [0.25, 0.3) is 0 Å². The zero-order valence-electron chi connectivity index (χ0n) is 19.4. The molecule has 182 valence electrons. The number of nitrogens with zero attached hydrogens (tertiary/aromatic N) is 5. The molecule has 2 heterocycles. The van der Waals surface area contributed by atoms with Gasteiger partial charge in [0.05, 0.1) is 11.0 Å². The smallest absolute Gasteiger partial charge is 0.343 e. The Balaban J connectivity index is 1.38. The van der Waals surface area contributed by atoms with Crippen molar-refractivity contribution in [3.05, 3.63) is 118 Å². The Morgan fingerprint density at radius 3 is 1.97 bits per heavy atom. The number of nitro groups is 1. The lowest BCUT2D eigenvalue weighted by atomic mass is 9.96. The largest absolute Gasteiger partial charge is 0.348 e. The first-order chi connectivity index (χ1) is 17.6. The summed E-state index contributed by atoms with van der Waals surface area (Å²) < 4.78 is 0. The number of benzene rings is 3. The van der Waals surface area contributed by atoms with Gasteiger partial charge in [-0.25, -0.2) is 9.97 Å². The van der Waals surface area contributed by atoms with Gasteiger partial charge in [0.1, 0.15) is 6.33 Å². The second-order valence-corrected chi connectivity index (χ2v) is 9.91. The van der Waals surface area contributed by atoms with Gasteiger partial charge in [0, 0.05) is 36.1 Å². The molecular formula is C27H24ClN5O2S. The van der Waals surface area contributed by atoms with Crippen LogP contribution in [0.5, 0.6) is 0 Å². The molecule has 1 saturated heterocycles. The molecule has 0 N–H and O–H groups in total. The van der Waals surface area contributed by atoms with Crippen molar-refractivity contribution in [2.24, 2.45) is 0 Å². The summed E-state index contributed by atoms with van der Waals surface area (Å²) in [6, 6.07) is 28.2. The Bertz CT molecular complexity index is 1280. The molecule has 5 rings (SSSR count). The maximum atomic E-state index is 12.1. The van der Waals surface area contributed by atoms with Crippen LogP contribution >= 0.6 is 23.4 Å². The zero-order chi connectivity index (χ0) is 24.9. The summed E-state index contributed by atoms with van der Waals surface area (Å²) in [6.45, 7) is 2.74.